The molecule has 0 bridgehead atoms. The van der Waals surface area contributed by atoms with Gasteiger partial charge < -0.3 is 5.73 Å². The standard InChI is InChI=1S/C16H11BrCl2N2OS/c1-23-14(7-20)11-5-9(18)6-12(15(11)21)16(22)10-3-2-8(17)4-13(10)19/h2-6,14H,21H2,1H3. The van der Waals surface area contributed by atoms with Crippen molar-refractivity contribution < 1.29 is 4.79 Å². The highest BCUT2D eigenvalue weighted by molar-refractivity contribution is 9.10. The predicted octanol–water partition coefficient (Wildman–Crippen LogP) is 5.50. The van der Waals surface area contributed by atoms with E-state index in [1.54, 1.807) is 30.5 Å². The summed E-state index contributed by atoms with van der Waals surface area (Å²) in [6.45, 7) is 0. The van der Waals surface area contributed by atoms with Crippen LogP contribution in [0, 0.1) is 11.3 Å². The van der Waals surface area contributed by atoms with Gasteiger partial charge in [-0.2, -0.15) is 5.26 Å². The molecule has 2 N–H and O–H groups in total. The van der Waals surface area contributed by atoms with Gasteiger partial charge in [-0.05, 0) is 36.6 Å². The van der Waals surface area contributed by atoms with Crippen molar-refractivity contribution in [1.82, 2.24) is 0 Å². The number of hydrogen-bond acceptors (Lipinski definition) is 4. The number of nitriles is 1. The van der Waals surface area contributed by atoms with Crippen molar-refractivity contribution >= 4 is 62.4 Å². The number of hydrogen-bond donors (Lipinski definition) is 1. The average molecular weight is 430 g/mol. The zero-order valence-corrected chi connectivity index (χ0v) is 15.9. The minimum absolute atomic E-state index is 0.242. The maximum absolute atomic E-state index is 12.8. The summed E-state index contributed by atoms with van der Waals surface area (Å²) in [6, 6.07) is 10.2. The van der Waals surface area contributed by atoms with Crippen LogP contribution in [0.3, 0.4) is 0 Å². The van der Waals surface area contributed by atoms with Crippen LogP contribution >= 0.6 is 50.9 Å². The summed E-state index contributed by atoms with van der Waals surface area (Å²) in [4.78, 5) is 12.8. The van der Waals surface area contributed by atoms with Crippen molar-refractivity contribution in [2.24, 2.45) is 0 Å². The van der Waals surface area contributed by atoms with Gasteiger partial charge in [0.15, 0.2) is 5.78 Å². The van der Waals surface area contributed by atoms with Crippen LogP contribution in [-0.4, -0.2) is 12.0 Å². The molecule has 2 rings (SSSR count). The van der Waals surface area contributed by atoms with Crippen LogP contribution in [0.1, 0.15) is 26.7 Å². The molecule has 0 amide bonds. The number of nitrogens with zero attached hydrogens (tertiary/aromatic N) is 1. The molecule has 2 aromatic carbocycles. The Balaban J connectivity index is 2.59. The normalized spacial score (nSPS) is 11.8. The van der Waals surface area contributed by atoms with Gasteiger partial charge in [0.1, 0.15) is 5.25 Å². The molecular weight excluding hydrogens is 419 g/mol. The highest BCUT2D eigenvalue weighted by atomic mass is 79.9. The Morgan fingerprint density at radius 1 is 1.30 bits per heavy atom. The Hall–Kier alpha value is -1.19. The first-order valence-electron chi connectivity index (χ1n) is 6.40. The molecule has 118 valence electrons. The van der Waals surface area contributed by atoms with Crippen molar-refractivity contribution in [3.63, 3.8) is 0 Å². The number of carbonyl (C=O) groups excluding carboxylic acids is 1. The lowest BCUT2D eigenvalue weighted by molar-refractivity contribution is 0.103. The molecule has 0 aliphatic rings. The van der Waals surface area contributed by atoms with Crippen LogP contribution in [0.2, 0.25) is 10.0 Å². The quantitative estimate of drug-likeness (QED) is 0.514. The third kappa shape index (κ3) is 3.84. The zero-order valence-electron chi connectivity index (χ0n) is 11.9. The van der Waals surface area contributed by atoms with Crippen molar-refractivity contribution in [1.29, 1.82) is 5.26 Å². The second-order valence-electron chi connectivity index (χ2n) is 4.65. The van der Waals surface area contributed by atoms with Gasteiger partial charge in [-0.25, -0.2) is 0 Å². The Labute approximate surface area is 156 Å². The first-order valence-corrected chi connectivity index (χ1v) is 9.23. The van der Waals surface area contributed by atoms with Gasteiger partial charge in [-0.1, -0.05) is 39.1 Å². The van der Waals surface area contributed by atoms with E-state index >= 15 is 0 Å². The molecule has 0 spiro atoms. The molecule has 0 heterocycles. The summed E-state index contributed by atoms with van der Waals surface area (Å²) in [5, 5.41) is 9.40. The number of benzene rings is 2. The minimum Gasteiger partial charge on any atom is -0.398 e. The molecule has 2 aromatic rings. The lowest BCUT2D eigenvalue weighted by atomic mass is 9.97. The molecule has 0 saturated carbocycles. The van der Waals surface area contributed by atoms with E-state index < -0.39 is 5.25 Å². The van der Waals surface area contributed by atoms with Crippen LogP contribution < -0.4 is 5.73 Å². The molecule has 1 atom stereocenters. The van der Waals surface area contributed by atoms with Crippen molar-refractivity contribution in [3.8, 4) is 6.07 Å². The minimum atomic E-state index is -0.499. The van der Waals surface area contributed by atoms with Gasteiger partial charge in [0.2, 0.25) is 0 Å². The van der Waals surface area contributed by atoms with E-state index in [0.29, 0.717) is 21.2 Å². The Morgan fingerprint density at radius 2 is 2.00 bits per heavy atom. The Kier molecular flexibility index (Phi) is 5.99. The average Bonchev–Trinajstić information content (AvgIpc) is 2.51. The summed E-state index contributed by atoms with van der Waals surface area (Å²) in [7, 11) is 0. The number of carbonyl (C=O) groups is 1. The van der Waals surface area contributed by atoms with Gasteiger partial charge >= 0.3 is 0 Å². The molecule has 1 unspecified atom stereocenters. The fraction of sp³-hybridized carbons (Fsp3) is 0.125. The molecule has 7 heteroatoms. The number of nitrogens with two attached hydrogens (primary N) is 1. The number of ketones is 1. The molecular formula is C16H11BrCl2N2OS. The Morgan fingerprint density at radius 3 is 2.57 bits per heavy atom. The second-order valence-corrected chi connectivity index (χ2v) is 7.36. The van der Waals surface area contributed by atoms with Crippen molar-refractivity contribution in [3.05, 3.63) is 61.5 Å². The van der Waals surface area contributed by atoms with E-state index in [1.165, 1.54) is 17.8 Å². The fourth-order valence-electron chi connectivity index (χ4n) is 2.11. The molecule has 0 radical (unpaired) electrons. The third-order valence-electron chi connectivity index (χ3n) is 3.23. The summed E-state index contributed by atoms with van der Waals surface area (Å²) in [6.07, 6.45) is 1.79. The van der Waals surface area contributed by atoms with Crippen LogP contribution in [0.25, 0.3) is 0 Å². The second kappa shape index (κ2) is 7.59. The largest absolute Gasteiger partial charge is 0.398 e. The zero-order chi connectivity index (χ0) is 17.1. The van der Waals surface area contributed by atoms with Gasteiger partial charge in [-0.15, -0.1) is 11.8 Å². The highest BCUT2D eigenvalue weighted by Crippen LogP contribution is 2.36. The van der Waals surface area contributed by atoms with Gasteiger partial charge in [0, 0.05) is 31.9 Å². The molecule has 3 nitrogen and oxygen atoms in total. The smallest absolute Gasteiger partial charge is 0.196 e. The van der Waals surface area contributed by atoms with E-state index in [1.807, 2.05) is 0 Å². The summed E-state index contributed by atoms with van der Waals surface area (Å²) in [5.41, 5.74) is 7.48. The molecule has 23 heavy (non-hydrogen) atoms. The number of rotatable bonds is 4. The summed E-state index contributed by atoms with van der Waals surface area (Å²) < 4.78 is 0.769. The predicted molar refractivity (Wildman–Crippen MR) is 100 cm³/mol. The number of anilines is 1. The van der Waals surface area contributed by atoms with Crippen molar-refractivity contribution in [2.45, 2.75) is 5.25 Å². The first-order chi connectivity index (χ1) is 10.9. The number of halogens is 3. The highest BCUT2D eigenvalue weighted by Gasteiger charge is 2.22. The van der Waals surface area contributed by atoms with Crippen LogP contribution in [-0.2, 0) is 0 Å². The molecule has 0 saturated heterocycles. The topological polar surface area (TPSA) is 66.9 Å². The number of nitrogen functional groups attached to an aromatic ring is 1. The lowest BCUT2D eigenvalue weighted by Crippen LogP contribution is -2.09. The van der Waals surface area contributed by atoms with E-state index in [-0.39, 0.29) is 17.0 Å². The third-order valence-corrected chi connectivity index (χ3v) is 5.09. The lowest BCUT2D eigenvalue weighted by Gasteiger charge is -2.14. The van der Waals surface area contributed by atoms with Crippen LogP contribution in [0.15, 0.2) is 34.8 Å². The van der Waals surface area contributed by atoms with Crippen LogP contribution in [0.4, 0.5) is 5.69 Å². The molecule has 0 aromatic heterocycles. The van der Waals surface area contributed by atoms with Crippen LogP contribution in [0.5, 0.6) is 0 Å². The fourth-order valence-corrected chi connectivity index (χ4v) is 3.65. The van der Waals surface area contributed by atoms with E-state index in [9.17, 15) is 10.1 Å². The van der Waals surface area contributed by atoms with Crippen molar-refractivity contribution in [2.75, 3.05) is 12.0 Å². The van der Waals surface area contributed by atoms with Gasteiger partial charge in [0.25, 0.3) is 0 Å². The van der Waals surface area contributed by atoms with E-state index in [4.69, 9.17) is 28.9 Å². The van der Waals surface area contributed by atoms with E-state index in [2.05, 4.69) is 22.0 Å². The van der Waals surface area contributed by atoms with Gasteiger partial charge in [0.05, 0.1) is 11.1 Å². The number of thioether (sulfide) groups is 1. The SMILES string of the molecule is CSC(C#N)c1cc(Cl)cc(C(=O)c2ccc(Br)cc2Cl)c1N. The Bertz CT molecular complexity index is 820. The first kappa shape index (κ1) is 18.2. The molecule has 0 fully saturated rings. The maximum atomic E-state index is 12.8. The summed E-state index contributed by atoms with van der Waals surface area (Å²) in [5.74, 6) is -0.332. The maximum Gasteiger partial charge on any atom is 0.196 e. The molecule has 0 aliphatic heterocycles. The van der Waals surface area contributed by atoms with E-state index in [0.717, 1.165) is 4.47 Å². The monoisotopic (exact) mass is 428 g/mol. The molecule has 0 aliphatic carbocycles. The summed E-state index contributed by atoms with van der Waals surface area (Å²) >= 11 is 16.9. The van der Waals surface area contributed by atoms with Gasteiger partial charge in [-0.3, -0.25) is 4.79 Å².